The summed E-state index contributed by atoms with van der Waals surface area (Å²) < 4.78 is 39.2. The van der Waals surface area contributed by atoms with Crippen LogP contribution in [0.25, 0.3) is 22.2 Å². The second-order valence-corrected chi connectivity index (χ2v) is 11.9. The summed E-state index contributed by atoms with van der Waals surface area (Å²) in [7, 11) is -4.83. The molecule has 19 heteroatoms. The Bertz CT molecular complexity index is 1760. The minimum absolute atomic E-state index is 0.0380. The van der Waals surface area contributed by atoms with Gasteiger partial charge < -0.3 is 40.6 Å². The number of phosphoric ester groups is 1. The normalized spacial score (nSPS) is 35.7. The molecule has 8 N–H and O–H groups in total. The first-order valence-electron chi connectivity index (χ1n) is 13.2. The van der Waals surface area contributed by atoms with Crippen molar-refractivity contribution in [2.75, 3.05) is 18.1 Å². The number of aliphatic hydroxyl groups excluding tert-OH is 2. The Hall–Kier alpha value is -3.48. The minimum Gasteiger partial charge on any atom is -0.388 e. The highest BCUT2D eigenvalue weighted by atomic mass is 31.2. The molecule has 4 aromatic heterocycles. The van der Waals surface area contributed by atoms with Gasteiger partial charge in [0, 0.05) is 12.1 Å². The van der Waals surface area contributed by atoms with E-state index in [0.29, 0.717) is 30.3 Å². The van der Waals surface area contributed by atoms with Crippen LogP contribution in [0.3, 0.4) is 0 Å². The zero-order valence-corrected chi connectivity index (χ0v) is 22.7. The molecule has 3 saturated heterocycles. The maximum absolute atomic E-state index is 13.2. The first-order chi connectivity index (χ1) is 20.1. The molecule has 1 unspecified atom stereocenters. The number of hydrogen-bond acceptors (Lipinski definition) is 14. The number of pyridine rings is 1. The fourth-order valence-electron chi connectivity index (χ4n) is 6.06. The van der Waals surface area contributed by atoms with E-state index >= 15 is 0 Å². The molecule has 3 fully saturated rings. The maximum atomic E-state index is 13.2. The molecule has 0 radical (unpaired) electrons. The van der Waals surface area contributed by atoms with Gasteiger partial charge in [-0.05, 0) is 18.9 Å². The lowest BCUT2D eigenvalue weighted by molar-refractivity contribution is -0.0567. The summed E-state index contributed by atoms with van der Waals surface area (Å²) in [5.74, 6) is -0.447. The van der Waals surface area contributed by atoms with Gasteiger partial charge in [0.1, 0.15) is 23.8 Å². The molecule has 4 aromatic rings. The van der Waals surface area contributed by atoms with Crippen molar-refractivity contribution in [1.82, 2.24) is 34.1 Å². The molecule has 18 nitrogen and oxygen atoms in total. The molecule has 7 heterocycles. The summed E-state index contributed by atoms with van der Waals surface area (Å²) in [5, 5.41) is 22.5. The number of H-pyrrole nitrogens is 1. The van der Waals surface area contributed by atoms with E-state index in [2.05, 4.69) is 24.9 Å². The second-order valence-electron chi connectivity index (χ2n) is 10.5. The van der Waals surface area contributed by atoms with E-state index in [-0.39, 0.29) is 29.5 Å². The molecule has 224 valence electrons. The Balaban J connectivity index is 1.17. The van der Waals surface area contributed by atoms with Crippen LogP contribution in [-0.4, -0.2) is 86.3 Å². The van der Waals surface area contributed by atoms with Crippen LogP contribution in [0, 0.1) is 5.92 Å². The summed E-state index contributed by atoms with van der Waals surface area (Å²) in [6.45, 7) is -0.387. The van der Waals surface area contributed by atoms with E-state index in [9.17, 15) is 24.5 Å². The molecule has 2 bridgehead atoms. The third-order valence-corrected chi connectivity index (χ3v) is 9.02. The molecule has 0 amide bonds. The van der Waals surface area contributed by atoms with E-state index < -0.39 is 62.3 Å². The van der Waals surface area contributed by atoms with Crippen LogP contribution < -0.4 is 17.0 Å². The number of aliphatic hydroxyl groups is 2. The molecule has 3 aliphatic heterocycles. The van der Waals surface area contributed by atoms with Gasteiger partial charge >= 0.3 is 7.82 Å². The lowest BCUT2D eigenvalue weighted by atomic mass is 9.91. The van der Waals surface area contributed by atoms with Gasteiger partial charge in [0.05, 0.1) is 37.0 Å². The van der Waals surface area contributed by atoms with Crippen molar-refractivity contribution in [2.24, 2.45) is 5.92 Å². The van der Waals surface area contributed by atoms with Gasteiger partial charge in [0.25, 0.3) is 5.56 Å². The highest BCUT2D eigenvalue weighted by molar-refractivity contribution is 7.47. The number of anilines is 2. The standard InChI is InChI=1S/C23H28N9O9P/c24-18-13-10(4-5-26-18)31(7-27-13)21-15(33)9-2-1-3-11-16(34)17(41-42(36,37)38-6-12(9)40-21)22(39-11)32-8-28-14-19(32)29-23(25)30-20(14)35/h4-5,7-9,11-12,15-17,21-22,33-34H,1-3,6H2,(H2,24,26)(H,36,37)(H3,25,29,30,35)/t9-,11-,12-,15-,16-,17-,21-,22-/m1/s1. The molecule has 0 aromatic carbocycles. The Morgan fingerprint density at radius 3 is 2.60 bits per heavy atom. The average Bonchev–Trinajstić information content (AvgIpc) is 3.69. The van der Waals surface area contributed by atoms with Gasteiger partial charge in [0.2, 0.25) is 5.95 Å². The molecule has 3 aliphatic rings. The van der Waals surface area contributed by atoms with Crippen molar-refractivity contribution >= 4 is 41.8 Å². The lowest BCUT2D eigenvalue weighted by Gasteiger charge is -2.26. The summed E-state index contributed by atoms with van der Waals surface area (Å²) in [6, 6.07) is 1.70. The second kappa shape index (κ2) is 10.1. The average molecular weight is 606 g/mol. The first-order valence-corrected chi connectivity index (χ1v) is 14.7. The van der Waals surface area contributed by atoms with Crippen molar-refractivity contribution in [3.63, 3.8) is 0 Å². The monoisotopic (exact) mass is 605 g/mol. The largest absolute Gasteiger partial charge is 0.472 e. The molecule has 0 spiro atoms. The molecule has 7 rings (SSSR count). The third kappa shape index (κ3) is 4.47. The number of imidazole rings is 2. The number of nitrogens with two attached hydrogens (primary N) is 2. The van der Waals surface area contributed by atoms with Crippen LogP contribution in [0.15, 0.2) is 29.7 Å². The summed E-state index contributed by atoms with van der Waals surface area (Å²) >= 11 is 0. The topological polar surface area (TPSA) is 261 Å². The minimum atomic E-state index is -4.83. The molecule has 42 heavy (non-hydrogen) atoms. The van der Waals surface area contributed by atoms with E-state index in [1.165, 1.54) is 23.4 Å². The van der Waals surface area contributed by atoms with Crippen LogP contribution in [0.4, 0.5) is 11.8 Å². The smallest absolute Gasteiger partial charge is 0.388 e. The molecule has 0 aliphatic carbocycles. The SMILES string of the molecule is Nc1nc2c(ncn2[C@@H]2O[C@@H]3CCC[C@H]4[C@@H](O)[C@H](n5cnc6c(N)nccc65)O[C@@H]4COP(=O)(O)O[C@@H]2[C@@H]3O)c(=O)[nH]1. The van der Waals surface area contributed by atoms with Gasteiger partial charge in [-0.3, -0.25) is 23.4 Å². The summed E-state index contributed by atoms with van der Waals surface area (Å²) in [4.78, 5) is 41.8. The zero-order chi connectivity index (χ0) is 29.3. The number of aromatic amines is 1. The van der Waals surface area contributed by atoms with E-state index in [0.717, 1.165) is 0 Å². The highest BCUT2D eigenvalue weighted by Crippen LogP contribution is 2.51. The fourth-order valence-corrected chi connectivity index (χ4v) is 6.99. The number of phosphoric acid groups is 1. The van der Waals surface area contributed by atoms with E-state index in [4.69, 9.17) is 30.0 Å². The number of aromatic nitrogens is 7. The van der Waals surface area contributed by atoms with Crippen molar-refractivity contribution in [1.29, 1.82) is 0 Å². The number of fused-ring (bicyclic) bond motifs is 5. The predicted molar refractivity (Wildman–Crippen MR) is 142 cm³/mol. The van der Waals surface area contributed by atoms with Crippen molar-refractivity contribution < 1.29 is 38.2 Å². The first kappa shape index (κ1) is 27.4. The third-order valence-electron chi connectivity index (χ3n) is 8.04. The van der Waals surface area contributed by atoms with Gasteiger partial charge in [-0.25, -0.2) is 19.5 Å². The Labute approximate surface area is 235 Å². The number of nitrogen functional groups attached to an aromatic ring is 2. The number of hydrogen-bond donors (Lipinski definition) is 6. The van der Waals surface area contributed by atoms with Crippen LogP contribution in [0.1, 0.15) is 31.7 Å². The lowest BCUT2D eigenvalue weighted by Crippen LogP contribution is -2.35. The Kier molecular flexibility index (Phi) is 6.55. The van der Waals surface area contributed by atoms with Gasteiger partial charge in [-0.15, -0.1) is 0 Å². The van der Waals surface area contributed by atoms with Crippen LogP contribution in [-0.2, 0) is 23.1 Å². The summed E-state index contributed by atoms with van der Waals surface area (Å²) in [6.07, 6.45) is -1.96. The summed E-state index contributed by atoms with van der Waals surface area (Å²) in [5.41, 5.74) is 12.1. The van der Waals surface area contributed by atoms with E-state index in [1.54, 1.807) is 10.6 Å². The van der Waals surface area contributed by atoms with Gasteiger partial charge in [-0.2, -0.15) is 4.98 Å². The van der Waals surface area contributed by atoms with Crippen molar-refractivity contribution in [3.8, 4) is 0 Å². The fraction of sp³-hybridized carbons (Fsp3) is 0.522. The van der Waals surface area contributed by atoms with Gasteiger partial charge in [0.15, 0.2) is 29.4 Å². The van der Waals surface area contributed by atoms with Crippen LogP contribution in [0.2, 0.25) is 0 Å². The Morgan fingerprint density at radius 1 is 1.00 bits per heavy atom. The van der Waals surface area contributed by atoms with E-state index in [1.807, 2.05) is 0 Å². The number of rotatable bonds is 2. The maximum Gasteiger partial charge on any atom is 0.472 e. The van der Waals surface area contributed by atoms with Gasteiger partial charge in [-0.1, -0.05) is 6.42 Å². The quantitative estimate of drug-likeness (QED) is 0.158. The zero-order valence-electron chi connectivity index (χ0n) is 21.8. The Morgan fingerprint density at radius 2 is 1.76 bits per heavy atom. The van der Waals surface area contributed by atoms with Crippen LogP contribution >= 0.6 is 7.82 Å². The number of ether oxygens (including phenoxy) is 2. The van der Waals surface area contributed by atoms with Crippen molar-refractivity contribution in [3.05, 3.63) is 35.3 Å². The molecule has 9 atom stereocenters. The molecular formula is C23H28N9O9P. The highest BCUT2D eigenvalue weighted by Gasteiger charge is 2.51. The number of nitrogens with one attached hydrogen (secondary N) is 1. The molecule has 0 saturated carbocycles. The van der Waals surface area contributed by atoms with Crippen molar-refractivity contribution in [2.45, 2.75) is 62.2 Å². The van der Waals surface area contributed by atoms with Crippen LogP contribution in [0.5, 0.6) is 0 Å². The number of nitrogens with zero attached hydrogens (tertiary/aromatic N) is 6. The predicted octanol–water partition coefficient (Wildman–Crippen LogP) is -0.452. The molecular weight excluding hydrogens is 577 g/mol.